The fourth-order valence-electron chi connectivity index (χ4n) is 2.97. The number of para-hydroxylation sites is 2. The minimum Gasteiger partial charge on any atom is -0.376 e. The number of anilines is 2. The van der Waals surface area contributed by atoms with Crippen LogP contribution in [0, 0.1) is 0 Å². The Morgan fingerprint density at radius 1 is 0.852 bits per heavy atom. The maximum Gasteiger partial charge on any atom is 0.313 e. The second-order valence-corrected chi connectivity index (χ2v) is 6.67. The van der Waals surface area contributed by atoms with E-state index in [1.54, 1.807) is 6.07 Å². The Labute approximate surface area is 159 Å². The molecule has 1 atom stereocenters. The van der Waals surface area contributed by atoms with Crippen LogP contribution in [0.3, 0.4) is 0 Å². The normalized spacial score (nSPS) is 11.7. The van der Waals surface area contributed by atoms with E-state index in [4.69, 9.17) is 0 Å². The summed E-state index contributed by atoms with van der Waals surface area (Å²) < 4.78 is 0. The van der Waals surface area contributed by atoms with Crippen LogP contribution in [0.25, 0.3) is 10.8 Å². The fraction of sp³-hybridized carbons (Fsp3) is 0.182. The Balaban J connectivity index is 1.69. The Bertz CT molecular complexity index is 982. The van der Waals surface area contributed by atoms with Crippen molar-refractivity contribution in [2.45, 2.75) is 13.0 Å². The van der Waals surface area contributed by atoms with Gasteiger partial charge in [0, 0.05) is 14.1 Å². The second kappa shape index (κ2) is 7.91. The highest BCUT2D eigenvalue weighted by atomic mass is 16.2. The van der Waals surface area contributed by atoms with Gasteiger partial charge >= 0.3 is 11.8 Å². The topological polar surface area (TPSA) is 61.4 Å². The average Bonchev–Trinajstić information content (AvgIpc) is 2.67. The lowest BCUT2D eigenvalue weighted by atomic mass is 10.0. The molecule has 5 nitrogen and oxygen atoms in total. The third kappa shape index (κ3) is 4.26. The highest BCUT2D eigenvalue weighted by Gasteiger charge is 2.18. The molecule has 138 valence electrons. The lowest BCUT2D eigenvalue weighted by Gasteiger charge is -2.18. The van der Waals surface area contributed by atoms with Gasteiger partial charge in [0.05, 0.1) is 17.4 Å². The number of carbonyl (C=O) groups is 2. The maximum absolute atomic E-state index is 12.3. The highest BCUT2D eigenvalue weighted by Crippen LogP contribution is 2.23. The van der Waals surface area contributed by atoms with Crippen molar-refractivity contribution in [1.82, 2.24) is 5.32 Å². The van der Waals surface area contributed by atoms with Gasteiger partial charge in [-0.05, 0) is 41.5 Å². The largest absolute Gasteiger partial charge is 0.376 e. The molecule has 0 aromatic heterocycles. The predicted octanol–water partition coefficient (Wildman–Crippen LogP) is 3.72. The van der Waals surface area contributed by atoms with E-state index < -0.39 is 11.8 Å². The van der Waals surface area contributed by atoms with Crippen LogP contribution < -0.4 is 15.5 Å². The molecule has 0 bridgehead atoms. The lowest BCUT2D eigenvalue weighted by Crippen LogP contribution is -2.37. The number of amides is 2. The van der Waals surface area contributed by atoms with Gasteiger partial charge in [-0.15, -0.1) is 0 Å². The third-order valence-corrected chi connectivity index (χ3v) is 4.46. The molecule has 5 heteroatoms. The molecular formula is C22H23N3O2. The fourth-order valence-corrected chi connectivity index (χ4v) is 2.97. The summed E-state index contributed by atoms with van der Waals surface area (Å²) >= 11 is 0. The SMILES string of the molecule is CC(NC(=O)C(=O)Nc1ccccc1N(C)C)c1ccc2ccccc2c1. The quantitative estimate of drug-likeness (QED) is 0.696. The van der Waals surface area contributed by atoms with Gasteiger partial charge in [0.25, 0.3) is 0 Å². The van der Waals surface area contributed by atoms with Crippen LogP contribution in [0.1, 0.15) is 18.5 Å². The van der Waals surface area contributed by atoms with Crippen molar-refractivity contribution in [2.75, 3.05) is 24.3 Å². The van der Waals surface area contributed by atoms with Crippen LogP contribution in [-0.4, -0.2) is 25.9 Å². The molecular weight excluding hydrogens is 338 g/mol. The Morgan fingerprint density at radius 3 is 2.26 bits per heavy atom. The first-order valence-electron chi connectivity index (χ1n) is 8.82. The summed E-state index contributed by atoms with van der Waals surface area (Å²) in [5.74, 6) is -1.35. The van der Waals surface area contributed by atoms with Gasteiger partial charge in [0.15, 0.2) is 0 Å². The summed E-state index contributed by atoms with van der Waals surface area (Å²) in [5.41, 5.74) is 2.38. The molecule has 1 unspecified atom stereocenters. The number of hydrogen-bond acceptors (Lipinski definition) is 3. The van der Waals surface area contributed by atoms with Crippen molar-refractivity contribution in [2.24, 2.45) is 0 Å². The van der Waals surface area contributed by atoms with Crippen molar-refractivity contribution in [3.63, 3.8) is 0 Å². The zero-order valence-corrected chi connectivity index (χ0v) is 15.7. The van der Waals surface area contributed by atoms with Gasteiger partial charge in [0.2, 0.25) is 0 Å². The van der Waals surface area contributed by atoms with Crippen molar-refractivity contribution >= 4 is 34.0 Å². The second-order valence-electron chi connectivity index (χ2n) is 6.67. The minimum absolute atomic E-state index is 0.281. The van der Waals surface area contributed by atoms with Crippen LogP contribution >= 0.6 is 0 Å². The smallest absolute Gasteiger partial charge is 0.313 e. The van der Waals surface area contributed by atoms with Gasteiger partial charge in [0.1, 0.15) is 0 Å². The van der Waals surface area contributed by atoms with Gasteiger partial charge in [-0.1, -0.05) is 48.5 Å². The number of carbonyl (C=O) groups excluding carboxylic acids is 2. The van der Waals surface area contributed by atoms with Crippen molar-refractivity contribution in [3.05, 3.63) is 72.3 Å². The van der Waals surface area contributed by atoms with E-state index in [0.717, 1.165) is 22.0 Å². The molecule has 0 saturated heterocycles. The molecule has 0 heterocycles. The van der Waals surface area contributed by atoms with E-state index in [1.807, 2.05) is 86.6 Å². The molecule has 0 spiro atoms. The van der Waals surface area contributed by atoms with Crippen LogP contribution in [0.5, 0.6) is 0 Å². The Hall–Kier alpha value is -3.34. The van der Waals surface area contributed by atoms with E-state index >= 15 is 0 Å². The van der Waals surface area contributed by atoms with E-state index in [-0.39, 0.29) is 6.04 Å². The number of fused-ring (bicyclic) bond motifs is 1. The van der Waals surface area contributed by atoms with Gasteiger partial charge < -0.3 is 15.5 Å². The monoisotopic (exact) mass is 361 g/mol. The number of nitrogens with zero attached hydrogens (tertiary/aromatic N) is 1. The standard InChI is InChI=1S/C22H23N3O2/c1-15(17-13-12-16-8-4-5-9-18(16)14-17)23-21(26)22(27)24-19-10-6-7-11-20(19)25(2)3/h4-15H,1-3H3,(H,23,26)(H,24,27). The van der Waals surface area contributed by atoms with Gasteiger partial charge in [-0.2, -0.15) is 0 Å². The number of benzene rings is 3. The summed E-state index contributed by atoms with van der Waals surface area (Å²) in [5, 5.41) is 7.68. The van der Waals surface area contributed by atoms with Crippen LogP contribution in [-0.2, 0) is 9.59 Å². The average molecular weight is 361 g/mol. The van der Waals surface area contributed by atoms with Crippen molar-refractivity contribution in [3.8, 4) is 0 Å². The number of hydrogen-bond donors (Lipinski definition) is 2. The number of nitrogens with one attached hydrogen (secondary N) is 2. The first-order valence-corrected chi connectivity index (χ1v) is 8.82. The zero-order chi connectivity index (χ0) is 19.4. The summed E-state index contributed by atoms with van der Waals surface area (Å²) in [6, 6.07) is 21.1. The van der Waals surface area contributed by atoms with Crippen LogP contribution in [0.4, 0.5) is 11.4 Å². The molecule has 27 heavy (non-hydrogen) atoms. The molecule has 2 amide bonds. The molecule has 0 aliphatic rings. The maximum atomic E-state index is 12.3. The Morgan fingerprint density at radius 2 is 1.52 bits per heavy atom. The van der Waals surface area contributed by atoms with E-state index in [9.17, 15) is 9.59 Å². The van der Waals surface area contributed by atoms with Crippen molar-refractivity contribution in [1.29, 1.82) is 0 Å². The Kier molecular flexibility index (Phi) is 5.41. The molecule has 3 aromatic carbocycles. The van der Waals surface area contributed by atoms with Gasteiger partial charge in [-0.3, -0.25) is 9.59 Å². The third-order valence-electron chi connectivity index (χ3n) is 4.46. The number of rotatable bonds is 4. The predicted molar refractivity (Wildman–Crippen MR) is 110 cm³/mol. The van der Waals surface area contributed by atoms with Crippen molar-refractivity contribution < 1.29 is 9.59 Å². The van der Waals surface area contributed by atoms with E-state index in [2.05, 4.69) is 10.6 Å². The highest BCUT2D eigenvalue weighted by molar-refractivity contribution is 6.40. The molecule has 0 aliphatic heterocycles. The molecule has 3 rings (SSSR count). The van der Waals surface area contributed by atoms with Crippen LogP contribution in [0.2, 0.25) is 0 Å². The summed E-state index contributed by atoms with van der Waals surface area (Å²) in [6.45, 7) is 1.86. The molecule has 0 radical (unpaired) electrons. The molecule has 0 saturated carbocycles. The summed E-state index contributed by atoms with van der Waals surface area (Å²) in [7, 11) is 3.76. The molecule has 2 N–H and O–H groups in total. The zero-order valence-electron chi connectivity index (χ0n) is 15.7. The lowest BCUT2D eigenvalue weighted by molar-refractivity contribution is -0.136. The van der Waals surface area contributed by atoms with Gasteiger partial charge in [-0.25, -0.2) is 0 Å². The summed E-state index contributed by atoms with van der Waals surface area (Å²) in [6.07, 6.45) is 0. The summed E-state index contributed by atoms with van der Waals surface area (Å²) in [4.78, 5) is 26.5. The molecule has 3 aromatic rings. The molecule has 0 fully saturated rings. The minimum atomic E-state index is -0.683. The first-order chi connectivity index (χ1) is 13.0. The van der Waals surface area contributed by atoms with E-state index in [1.165, 1.54) is 0 Å². The van der Waals surface area contributed by atoms with Crippen LogP contribution in [0.15, 0.2) is 66.7 Å². The van der Waals surface area contributed by atoms with E-state index in [0.29, 0.717) is 5.69 Å². The molecule has 0 aliphatic carbocycles. The first kappa shape index (κ1) is 18.5.